The Balaban J connectivity index is 2.23. The van der Waals surface area contributed by atoms with Gasteiger partial charge in [-0.15, -0.1) is 0 Å². The molecule has 86 valence electrons. The highest BCUT2D eigenvalue weighted by Gasteiger charge is 2.07. The molecule has 2 N–H and O–H groups in total. The summed E-state index contributed by atoms with van der Waals surface area (Å²) < 4.78 is 5.59. The molecule has 0 aliphatic rings. The molecule has 16 heavy (non-hydrogen) atoms. The van der Waals surface area contributed by atoms with E-state index in [4.69, 9.17) is 4.74 Å². The van der Waals surface area contributed by atoms with Gasteiger partial charge in [-0.2, -0.15) is 0 Å². The van der Waals surface area contributed by atoms with Gasteiger partial charge < -0.3 is 14.8 Å². The summed E-state index contributed by atoms with van der Waals surface area (Å²) in [5.41, 5.74) is 2.16. The van der Waals surface area contributed by atoms with Crippen LogP contribution in [0.1, 0.15) is 5.69 Å². The van der Waals surface area contributed by atoms with E-state index in [1.54, 1.807) is 0 Å². The fraction of sp³-hybridized carbons (Fsp3) is 0.333. The summed E-state index contributed by atoms with van der Waals surface area (Å²) in [5.74, 6) is 0.807. The number of halogens is 1. The third-order valence-corrected chi connectivity index (χ3v) is 3.12. The van der Waals surface area contributed by atoms with E-state index in [2.05, 4.69) is 20.9 Å². The first kappa shape index (κ1) is 11.5. The predicted octanol–water partition coefficient (Wildman–Crippen LogP) is 2.61. The molecule has 0 bridgehead atoms. The highest BCUT2D eigenvalue weighted by molar-refractivity contribution is 9.09. The number of aliphatic hydroxyl groups is 1. The summed E-state index contributed by atoms with van der Waals surface area (Å²) in [4.78, 5) is 3.25. The molecular formula is C12H14BrNO2. The predicted molar refractivity (Wildman–Crippen MR) is 68.3 cm³/mol. The van der Waals surface area contributed by atoms with Gasteiger partial charge in [-0.1, -0.05) is 22.0 Å². The number of fused-ring (bicyclic) bond motifs is 1. The fourth-order valence-corrected chi connectivity index (χ4v) is 1.81. The molecule has 0 aliphatic heterocycles. The summed E-state index contributed by atoms with van der Waals surface area (Å²) in [6.07, 6.45) is -0.477. The fourth-order valence-electron chi connectivity index (χ4n) is 1.62. The summed E-state index contributed by atoms with van der Waals surface area (Å²) in [5, 5.41) is 11.0. The van der Waals surface area contributed by atoms with E-state index in [1.807, 2.05) is 31.2 Å². The molecule has 2 aromatic rings. The highest BCUT2D eigenvalue weighted by Crippen LogP contribution is 2.26. The van der Waals surface area contributed by atoms with Crippen LogP contribution in [-0.2, 0) is 0 Å². The first-order chi connectivity index (χ1) is 7.70. The number of aromatic amines is 1. The number of aromatic nitrogens is 1. The average molecular weight is 284 g/mol. The number of rotatable bonds is 4. The maximum Gasteiger partial charge on any atom is 0.128 e. The summed E-state index contributed by atoms with van der Waals surface area (Å²) in [6, 6.07) is 7.91. The van der Waals surface area contributed by atoms with Crippen molar-refractivity contribution in [1.82, 2.24) is 4.98 Å². The molecular weight excluding hydrogens is 270 g/mol. The van der Waals surface area contributed by atoms with E-state index < -0.39 is 6.10 Å². The number of hydrogen-bond donors (Lipinski definition) is 2. The van der Waals surface area contributed by atoms with Crippen LogP contribution in [0.2, 0.25) is 0 Å². The van der Waals surface area contributed by atoms with E-state index in [0.29, 0.717) is 11.9 Å². The molecule has 0 saturated carbocycles. The van der Waals surface area contributed by atoms with Gasteiger partial charge in [-0.25, -0.2) is 0 Å². The topological polar surface area (TPSA) is 45.2 Å². The monoisotopic (exact) mass is 283 g/mol. The Kier molecular flexibility index (Phi) is 3.51. The van der Waals surface area contributed by atoms with Crippen molar-refractivity contribution in [3.05, 3.63) is 30.0 Å². The van der Waals surface area contributed by atoms with E-state index in [0.717, 1.165) is 22.3 Å². The van der Waals surface area contributed by atoms with E-state index in [1.165, 1.54) is 0 Å². The van der Waals surface area contributed by atoms with Crippen molar-refractivity contribution in [3.63, 3.8) is 0 Å². The van der Waals surface area contributed by atoms with Crippen molar-refractivity contribution < 1.29 is 9.84 Å². The number of hydrogen-bond acceptors (Lipinski definition) is 2. The van der Waals surface area contributed by atoms with Gasteiger partial charge in [-0.3, -0.25) is 0 Å². The summed E-state index contributed by atoms with van der Waals surface area (Å²) in [6.45, 7) is 2.31. The Labute approximate surface area is 103 Å². The van der Waals surface area contributed by atoms with Gasteiger partial charge in [0.15, 0.2) is 0 Å². The molecule has 0 spiro atoms. The van der Waals surface area contributed by atoms with Crippen molar-refractivity contribution in [1.29, 1.82) is 0 Å². The SMILES string of the molecule is Cc1cc2c(OCC(O)CBr)cccc2[nH]1. The van der Waals surface area contributed by atoms with Crippen molar-refractivity contribution in [2.75, 3.05) is 11.9 Å². The number of alkyl halides is 1. The maximum absolute atomic E-state index is 9.42. The molecule has 1 aromatic heterocycles. The Hall–Kier alpha value is -1.00. The van der Waals surface area contributed by atoms with Gasteiger partial charge in [0.1, 0.15) is 12.4 Å². The van der Waals surface area contributed by atoms with Gasteiger partial charge in [-0.05, 0) is 25.1 Å². The van der Waals surface area contributed by atoms with E-state index in [-0.39, 0.29) is 0 Å². The van der Waals surface area contributed by atoms with Gasteiger partial charge in [0.05, 0.1) is 6.10 Å². The van der Waals surface area contributed by atoms with Crippen LogP contribution in [0.3, 0.4) is 0 Å². The highest BCUT2D eigenvalue weighted by atomic mass is 79.9. The second kappa shape index (κ2) is 4.89. The van der Waals surface area contributed by atoms with Gasteiger partial charge in [0.25, 0.3) is 0 Å². The Bertz CT molecular complexity index is 481. The van der Waals surface area contributed by atoms with E-state index >= 15 is 0 Å². The largest absolute Gasteiger partial charge is 0.490 e. The van der Waals surface area contributed by atoms with Gasteiger partial charge in [0, 0.05) is 21.9 Å². The van der Waals surface area contributed by atoms with Gasteiger partial charge >= 0.3 is 0 Å². The van der Waals surface area contributed by atoms with Crippen molar-refractivity contribution >= 4 is 26.8 Å². The van der Waals surface area contributed by atoms with Crippen molar-refractivity contribution in [3.8, 4) is 5.75 Å². The molecule has 0 aliphatic carbocycles. The molecule has 2 rings (SSSR count). The van der Waals surface area contributed by atoms with Crippen LogP contribution in [0.15, 0.2) is 24.3 Å². The number of H-pyrrole nitrogens is 1. The first-order valence-electron chi connectivity index (χ1n) is 5.16. The lowest BCUT2D eigenvalue weighted by Crippen LogP contribution is -2.18. The normalized spacial score (nSPS) is 12.9. The molecule has 4 heteroatoms. The van der Waals surface area contributed by atoms with Crippen molar-refractivity contribution in [2.24, 2.45) is 0 Å². The smallest absolute Gasteiger partial charge is 0.128 e. The summed E-state index contributed by atoms with van der Waals surface area (Å²) >= 11 is 3.21. The van der Waals surface area contributed by atoms with E-state index in [9.17, 15) is 5.11 Å². The van der Waals surface area contributed by atoms with Crippen LogP contribution in [0.25, 0.3) is 10.9 Å². The summed E-state index contributed by atoms with van der Waals surface area (Å²) in [7, 11) is 0. The van der Waals surface area contributed by atoms with Crippen LogP contribution in [-0.4, -0.2) is 28.1 Å². The van der Waals surface area contributed by atoms with Gasteiger partial charge in [0.2, 0.25) is 0 Å². The Morgan fingerprint density at radius 1 is 1.50 bits per heavy atom. The molecule has 1 unspecified atom stereocenters. The minimum absolute atomic E-state index is 0.300. The minimum Gasteiger partial charge on any atom is -0.490 e. The quantitative estimate of drug-likeness (QED) is 0.848. The molecule has 1 heterocycles. The van der Waals surface area contributed by atoms with Crippen LogP contribution >= 0.6 is 15.9 Å². The second-order valence-electron chi connectivity index (χ2n) is 3.79. The zero-order valence-electron chi connectivity index (χ0n) is 9.03. The zero-order valence-corrected chi connectivity index (χ0v) is 10.6. The molecule has 0 fully saturated rings. The zero-order chi connectivity index (χ0) is 11.5. The standard InChI is InChI=1S/C12H14BrNO2/c1-8-5-10-11(14-8)3-2-4-12(10)16-7-9(15)6-13/h2-5,9,14-15H,6-7H2,1H3. The number of aliphatic hydroxyl groups excluding tert-OH is 1. The number of aryl methyl sites for hydroxylation is 1. The molecule has 1 atom stereocenters. The van der Waals surface area contributed by atoms with Crippen LogP contribution in [0.4, 0.5) is 0 Å². The first-order valence-corrected chi connectivity index (χ1v) is 6.28. The average Bonchev–Trinajstić information content (AvgIpc) is 2.66. The number of ether oxygens (including phenoxy) is 1. The van der Waals surface area contributed by atoms with Crippen LogP contribution < -0.4 is 4.74 Å². The van der Waals surface area contributed by atoms with Crippen LogP contribution in [0, 0.1) is 6.92 Å². The lowest BCUT2D eigenvalue weighted by atomic mass is 10.2. The number of nitrogens with one attached hydrogen (secondary N) is 1. The third-order valence-electron chi connectivity index (χ3n) is 2.37. The van der Waals surface area contributed by atoms with Crippen molar-refractivity contribution in [2.45, 2.75) is 13.0 Å². The Morgan fingerprint density at radius 2 is 2.31 bits per heavy atom. The molecule has 0 radical (unpaired) electrons. The van der Waals surface area contributed by atoms with Crippen LogP contribution in [0.5, 0.6) is 5.75 Å². The molecule has 1 aromatic carbocycles. The lowest BCUT2D eigenvalue weighted by Gasteiger charge is -2.10. The second-order valence-corrected chi connectivity index (χ2v) is 4.44. The third kappa shape index (κ3) is 2.39. The maximum atomic E-state index is 9.42. The molecule has 0 saturated heterocycles. The lowest BCUT2D eigenvalue weighted by molar-refractivity contribution is 0.128. The molecule has 0 amide bonds. The molecule has 3 nitrogen and oxygen atoms in total. The number of benzene rings is 1. The minimum atomic E-state index is -0.477. The Morgan fingerprint density at radius 3 is 3.06 bits per heavy atom.